The van der Waals surface area contributed by atoms with Crippen LogP contribution in [0.4, 0.5) is 5.69 Å². The van der Waals surface area contributed by atoms with Gasteiger partial charge in [0.15, 0.2) is 0 Å². The smallest absolute Gasteiger partial charge is 0.278 e. The van der Waals surface area contributed by atoms with Gasteiger partial charge < -0.3 is 14.8 Å². The third-order valence-corrected chi connectivity index (χ3v) is 5.51. The lowest BCUT2D eigenvalue weighted by Crippen LogP contribution is -2.34. The normalized spacial score (nSPS) is 13.6. The van der Waals surface area contributed by atoms with E-state index < -0.39 is 0 Å². The lowest BCUT2D eigenvalue weighted by atomic mass is 10.0. The van der Waals surface area contributed by atoms with Crippen LogP contribution in [0.25, 0.3) is 5.57 Å². The van der Waals surface area contributed by atoms with Gasteiger partial charge in [-0.3, -0.25) is 14.5 Å². The summed E-state index contributed by atoms with van der Waals surface area (Å²) >= 11 is 0. The molecule has 6 heteroatoms. The lowest BCUT2D eigenvalue weighted by Gasteiger charge is -2.15. The first-order chi connectivity index (χ1) is 16.5. The number of imide groups is 1. The number of carbonyl (C=O) groups excluding carboxylic acids is 2. The van der Waals surface area contributed by atoms with Crippen molar-refractivity contribution in [2.75, 3.05) is 19.0 Å². The van der Waals surface area contributed by atoms with Gasteiger partial charge >= 0.3 is 0 Å². The minimum atomic E-state index is -0.333. The summed E-state index contributed by atoms with van der Waals surface area (Å²) in [5.74, 6) is 0.876. The van der Waals surface area contributed by atoms with Crippen LogP contribution in [0.15, 0.2) is 84.6 Å². The number of nitrogens with zero attached hydrogens (tertiary/aromatic N) is 1. The van der Waals surface area contributed by atoms with Gasteiger partial charge in [0, 0.05) is 12.2 Å². The largest absolute Gasteiger partial charge is 0.497 e. The molecule has 2 amide bonds. The van der Waals surface area contributed by atoms with Crippen LogP contribution < -0.4 is 14.8 Å². The highest BCUT2D eigenvalue weighted by Gasteiger charge is 2.38. The number of ether oxygens (including phenoxy) is 2. The van der Waals surface area contributed by atoms with E-state index in [4.69, 9.17) is 9.47 Å². The van der Waals surface area contributed by atoms with Gasteiger partial charge in [-0.25, -0.2) is 0 Å². The summed E-state index contributed by atoms with van der Waals surface area (Å²) in [6, 6.07) is 24.3. The number of nitrogens with one attached hydrogen (secondary N) is 1. The Hall–Kier alpha value is -4.06. The second-order valence-corrected chi connectivity index (χ2v) is 8.29. The molecule has 0 spiro atoms. The van der Waals surface area contributed by atoms with Gasteiger partial charge in [-0.15, -0.1) is 0 Å². The Morgan fingerprint density at radius 3 is 2.09 bits per heavy atom. The zero-order valence-electron chi connectivity index (χ0n) is 19.6. The maximum absolute atomic E-state index is 13.4. The van der Waals surface area contributed by atoms with E-state index in [1.54, 1.807) is 7.11 Å². The van der Waals surface area contributed by atoms with Crippen LogP contribution in [-0.4, -0.2) is 36.5 Å². The third-order valence-electron chi connectivity index (χ3n) is 5.51. The molecule has 1 aliphatic heterocycles. The first-order valence-corrected chi connectivity index (χ1v) is 11.3. The summed E-state index contributed by atoms with van der Waals surface area (Å²) in [5, 5.41) is 3.19. The molecule has 3 aromatic carbocycles. The van der Waals surface area contributed by atoms with Crippen LogP contribution in [-0.2, 0) is 16.0 Å². The molecule has 174 valence electrons. The van der Waals surface area contributed by atoms with E-state index in [0.717, 1.165) is 17.1 Å². The van der Waals surface area contributed by atoms with E-state index in [0.29, 0.717) is 23.2 Å². The van der Waals surface area contributed by atoms with Crippen molar-refractivity contribution >= 4 is 23.1 Å². The summed E-state index contributed by atoms with van der Waals surface area (Å²) in [6.07, 6.45) is 0.623. The topological polar surface area (TPSA) is 67.9 Å². The number of anilines is 1. The first kappa shape index (κ1) is 23.1. The molecule has 0 fully saturated rings. The fourth-order valence-electron chi connectivity index (χ4n) is 3.83. The van der Waals surface area contributed by atoms with Gasteiger partial charge in [0.25, 0.3) is 11.8 Å². The highest BCUT2D eigenvalue weighted by molar-refractivity contribution is 6.36. The van der Waals surface area contributed by atoms with Gasteiger partial charge in [-0.1, -0.05) is 42.5 Å². The Morgan fingerprint density at radius 2 is 1.47 bits per heavy atom. The van der Waals surface area contributed by atoms with Gasteiger partial charge in [-0.2, -0.15) is 0 Å². The maximum Gasteiger partial charge on any atom is 0.278 e. The number of carbonyl (C=O) groups is 2. The molecule has 0 unspecified atom stereocenters. The highest BCUT2D eigenvalue weighted by atomic mass is 16.5. The first-order valence-electron chi connectivity index (χ1n) is 11.3. The Morgan fingerprint density at radius 1 is 0.824 bits per heavy atom. The minimum absolute atomic E-state index is 0.0690. The van der Waals surface area contributed by atoms with Crippen molar-refractivity contribution in [2.24, 2.45) is 0 Å². The summed E-state index contributed by atoms with van der Waals surface area (Å²) in [4.78, 5) is 28.1. The quantitative estimate of drug-likeness (QED) is 0.463. The van der Waals surface area contributed by atoms with E-state index in [2.05, 4.69) is 5.32 Å². The summed E-state index contributed by atoms with van der Waals surface area (Å²) in [6.45, 7) is 4.21. The molecular formula is C28H28N2O4. The fraction of sp³-hybridized carbons (Fsp3) is 0.214. The number of hydrogen-bond acceptors (Lipinski definition) is 5. The van der Waals surface area contributed by atoms with Crippen molar-refractivity contribution in [2.45, 2.75) is 26.4 Å². The molecule has 0 bridgehead atoms. The molecule has 0 saturated heterocycles. The van der Waals surface area contributed by atoms with E-state index in [1.165, 1.54) is 4.90 Å². The van der Waals surface area contributed by atoms with E-state index >= 15 is 0 Å². The average Bonchev–Trinajstić information content (AvgIpc) is 3.08. The lowest BCUT2D eigenvalue weighted by molar-refractivity contribution is -0.136. The summed E-state index contributed by atoms with van der Waals surface area (Å²) < 4.78 is 10.9. The van der Waals surface area contributed by atoms with Crippen molar-refractivity contribution in [3.05, 3.63) is 95.7 Å². The zero-order chi connectivity index (χ0) is 24.1. The number of rotatable bonds is 9. The molecule has 0 aromatic heterocycles. The summed E-state index contributed by atoms with van der Waals surface area (Å²) in [5.41, 5.74) is 3.09. The standard InChI is InChI=1S/C28H28N2O4/c1-19(2)34-24-15-11-22(12-16-24)29-26-25(21-7-5-4-6-8-21)27(31)30(28(26)32)18-17-20-9-13-23(33-3)14-10-20/h4-16,19,29H,17-18H2,1-3H3. The Balaban J connectivity index is 1.57. The van der Waals surface area contributed by atoms with E-state index in [1.807, 2.05) is 92.7 Å². The van der Waals surface area contributed by atoms with E-state index in [9.17, 15) is 9.59 Å². The fourth-order valence-corrected chi connectivity index (χ4v) is 3.83. The molecular weight excluding hydrogens is 428 g/mol. The molecule has 1 heterocycles. The van der Waals surface area contributed by atoms with Crippen LogP contribution in [0, 0.1) is 0 Å². The van der Waals surface area contributed by atoms with Gasteiger partial charge in [0.1, 0.15) is 17.2 Å². The van der Waals surface area contributed by atoms with Crippen LogP contribution in [0.5, 0.6) is 11.5 Å². The molecule has 0 radical (unpaired) electrons. The molecule has 0 aliphatic carbocycles. The molecule has 4 rings (SSSR count). The van der Waals surface area contributed by atoms with Crippen LogP contribution >= 0.6 is 0 Å². The van der Waals surface area contributed by atoms with Crippen LogP contribution in [0.1, 0.15) is 25.0 Å². The predicted octanol–water partition coefficient (Wildman–Crippen LogP) is 4.92. The molecule has 0 atom stereocenters. The maximum atomic E-state index is 13.4. The number of benzene rings is 3. The molecule has 0 saturated carbocycles. The van der Waals surface area contributed by atoms with Gasteiger partial charge in [-0.05, 0) is 67.8 Å². The Labute approximate surface area is 199 Å². The Bertz CT molecular complexity index is 1180. The number of methoxy groups -OCH3 is 1. The monoisotopic (exact) mass is 456 g/mol. The number of amides is 2. The minimum Gasteiger partial charge on any atom is -0.497 e. The predicted molar refractivity (Wildman–Crippen MR) is 133 cm³/mol. The SMILES string of the molecule is COc1ccc(CCN2C(=O)C(Nc3ccc(OC(C)C)cc3)=C(c3ccccc3)C2=O)cc1. The molecule has 1 aliphatic rings. The zero-order valence-corrected chi connectivity index (χ0v) is 19.6. The third kappa shape index (κ3) is 5.12. The summed E-state index contributed by atoms with van der Waals surface area (Å²) in [7, 11) is 1.62. The second-order valence-electron chi connectivity index (χ2n) is 8.29. The van der Waals surface area contributed by atoms with Gasteiger partial charge in [0.2, 0.25) is 0 Å². The van der Waals surface area contributed by atoms with Gasteiger partial charge in [0.05, 0.1) is 18.8 Å². The number of hydrogen-bond donors (Lipinski definition) is 1. The Kier molecular flexibility index (Phi) is 6.97. The average molecular weight is 457 g/mol. The highest BCUT2D eigenvalue weighted by Crippen LogP contribution is 2.31. The van der Waals surface area contributed by atoms with Crippen molar-refractivity contribution in [1.82, 2.24) is 4.90 Å². The van der Waals surface area contributed by atoms with Crippen molar-refractivity contribution in [3.8, 4) is 11.5 Å². The molecule has 6 nitrogen and oxygen atoms in total. The molecule has 3 aromatic rings. The molecule has 34 heavy (non-hydrogen) atoms. The molecule has 1 N–H and O–H groups in total. The van der Waals surface area contributed by atoms with E-state index in [-0.39, 0.29) is 30.2 Å². The van der Waals surface area contributed by atoms with Crippen LogP contribution in [0.3, 0.4) is 0 Å². The van der Waals surface area contributed by atoms with Crippen molar-refractivity contribution < 1.29 is 19.1 Å². The second kappa shape index (κ2) is 10.3. The van der Waals surface area contributed by atoms with Crippen molar-refractivity contribution in [3.63, 3.8) is 0 Å². The van der Waals surface area contributed by atoms with Crippen molar-refractivity contribution in [1.29, 1.82) is 0 Å². The van der Waals surface area contributed by atoms with Crippen LogP contribution in [0.2, 0.25) is 0 Å².